The van der Waals surface area contributed by atoms with Crippen LogP contribution in [0.1, 0.15) is 11.5 Å². The van der Waals surface area contributed by atoms with Crippen LogP contribution in [0.3, 0.4) is 0 Å². The van der Waals surface area contributed by atoms with E-state index in [0.29, 0.717) is 38.5 Å². The number of alkyl halides is 3. The van der Waals surface area contributed by atoms with Gasteiger partial charge in [0.1, 0.15) is 0 Å². The summed E-state index contributed by atoms with van der Waals surface area (Å²) >= 11 is 0. The quantitative estimate of drug-likeness (QED) is 0.445. The van der Waals surface area contributed by atoms with Crippen LogP contribution >= 0.6 is 0 Å². The summed E-state index contributed by atoms with van der Waals surface area (Å²) < 4.78 is 43.9. The Balaban J connectivity index is 1.39. The van der Waals surface area contributed by atoms with Crippen molar-refractivity contribution in [1.82, 2.24) is 20.0 Å². The summed E-state index contributed by atoms with van der Waals surface area (Å²) in [6, 6.07) is 7.69. The van der Waals surface area contributed by atoms with Gasteiger partial charge in [0.05, 0.1) is 17.0 Å². The van der Waals surface area contributed by atoms with E-state index in [0.717, 1.165) is 12.1 Å². The maximum absolute atomic E-state index is 12.9. The molecule has 0 N–H and O–H groups in total. The van der Waals surface area contributed by atoms with Gasteiger partial charge in [0.15, 0.2) is 0 Å². The third-order valence-corrected chi connectivity index (χ3v) is 4.91. The summed E-state index contributed by atoms with van der Waals surface area (Å²) in [5.41, 5.74) is -0.605. The molecule has 0 aliphatic carbocycles. The molecule has 0 unspecified atom stereocenters. The van der Waals surface area contributed by atoms with Crippen LogP contribution in [0.5, 0.6) is 0 Å². The van der Waals surface area contributed by atoms with Gasteiger partial charge in [-0.2, -0.15) is 18.2 Å². The number of hydrogen-bond donors (Lipinski definition) is 0. The van der Waals surface area contributed by atoms with Gasteiger partial charge in [-0.1, -0.05) is 17.3 Å². The Kier molecular flexibility index (Phi) is 5.55. The fourth-order valence-electron chi connectivity index (χ4n) is 3.35. The van der Waals surface area contributed by atoms with E-state index in [9.17, 15) is 23.3 Å². The van der Waals surface area contributed by atoms with Crippen LogP contribution in [0.4, 0.5) is 24.7 Å². The van der Waals surface area contributed by atoms with Crippen molar-refractivity contribution in [2.75, 3.05) is 31.1 Å². The van der Waals surface area contributed by atoms with Crippen molar-refractivity contribution < 1.29 is 22.6 Å². The highest BCUT2D eigenvalue weighted by Gasteiger charge is 2.31. The van der Waals surface area contributed by atoms with Gasteiger partial charge in [-0.15, -0.1) is 0 Å². The molecule has 0 bridgehead atoms. The second kappa shape index (κ2) is 8.30. The number of nitro groups is 1. The summed E-state index contributed by atoms with van der Waals surface area (Å²) in [6.07, 6.45) is -2.94. The second-order valence-electron chi connectivity index (χ2n) is 6.96. The van der Waals surface area contributed by atoms with Crippen LogP contribution in [-0.4, -0.2) is 51.1 Å². The Morgan fingerprint density at radius 2 is 1.90 bits per heavy atom. The molecule has 1 aromatic carbocycles. The number of hydrogen-bond acceptors (Lipinski definition) is 8. The first-order valence-electron chi connectivity index (χ1n) is 9.38. The highest BCUT2D eigenvalue weighted by molar-refractivity contribution is 5.57. The number of halogens is 3. The summed E-state index contributed by atoms with van der Waals surface area (Å²) in [5, 5.41) is 15.0. The van der Waals surface area contributed by atoms with Crippen molar-refractivity contribution in [1.29, 1.82) is 0 Å². The summed E-state index contributed by atoms with van der Waals surface area (Å²) in [7, 11) is 0. The smallest absolute Gasteiger partial charge is 0.348 e. The van der Waals surface area contributed by atoms with Gasteiger partial charge in [0.2, 0.25) is 17.5 Å². The van der Waals surface area contributed by atoms with Gasteiger partial charge in [-0.25, -0.2) is 4.98 Å². The molecule has 12 heteroatoms. The highest BCUT2D eigenvalue weighted by atomic mass is 19.4. The maximum Gasteiger partial charge on any atom is 0.416 e. The van der Waals surface area contributed by atoms with Crippen molar-refractivity contribution in [3.05, 3.63) is 64.2 Å². The predicted molar refractivity (Wildman–Crippen MR) is 103 cm³/mol. The fourth-order valence-corrected chi connectivity index (χ4v) is 3.35. The van der Waals surface area contributed by atoms with Gasteiger partial charge in [-0.05, 0) is 18.2 Å². The third kappa shape index (κ3) is 4.63. The topological polar surface area (TPSA) is 101 Å². The van der Waals surface area contributed by atoms with Crippen molar-refractivity contribution in [3.63, 3.8) is 0 Å². The van der Waals surface area contributed by atoms with Crippen LogP contribution in [0.2, 0.25) is 0 Å². The average molecular weight is 434 g/mol. The van der Waals surface area contributed by atoms with Crippen molar-refractivity contribution in [2.24, 2.45) is 0 Å². The minimum atomic E-state index is -4.45. The molecule has 3 aromatic rings. The van der Waals surface area contributed by atoms with Crippen LogP contribution in [0, 0.1) is 10.1 Å². The Hall–Kier alpha value is -3.54. The highest BCUT2D eigenvalue weighted by Crippen LogP contribution is 2.31. The van der Waals surface area contributed by atoms with Crippen LogP contribution in [0.25, 0.3) is 11.4 Å². The largest absolute Gasteiger partial charge is 0.416 e. The molecule has 9 nitrogen and oxygen atoms in total. The average Bonchev–Trinajstić information content (AvgIpc) is 3.22. The number of benzene rings is 1. The lowest BCUT2D eigenvalue weighted by atomic mass is 10.1. The Morgan fingerprint density at radius 1 is 1.13 bits per heavy atom. The third-order valence-electron chi connectivity index (χ3n) is 4.91. The van der Waals surface area contributed by atoms with Gasteiger partial charge in [-0.3, -0.25) is 15.0 Å². The van der Waals surface area contributed by atoms with E-state index in [-0.39, 0.29) is 23.0 Å². The molecular weight excluding hydrogens is 417 g/mol. The Morgan fingerprint density at radius 3 is 2.61 bits per heavy atom. The van der Waals surface area contributed by atoms with Crippen LogP contribution in [-0.2, 0) is 12.7 Å². The minimum Gasteiger partial charge on any atom is -0.348 e. The van der Waals surface area contributed by atoms with Gasteiger partial charge >= 0.3 is 11.9 Å². The number of nitrogens with zero attached hydrogens (tertiary/aromatic N) is 6. The number of pyridine rings is 1. The second-order valence-corrected chi connectivity index (χ2v) is 6.96. The maximum atomic E-state index is 12.9. The lowest BCUT2D eigenvalue weighted by molar-refractivity contribution is -0.384. The van der Waals surface area contributed by atoms with Crippen molar-refractivity contribution >= 4 is 11.5 Å². The van der Waals surface area contributed by atoms with E-state index in [2.05, 4.69) is 15.1 Å². The lowest BCUT2D eigenvalue weighted by Gasteiger charge is -2.34. The fraction of sp³-hybridized carbons (Fsp3) is 0.316. The molecule has 0 saturated carbocycles. The van der Waals surface area contributed by atoms with Crippen molar-refractivity contribution in [3.8, 4) is 11.4 Å². The first kappa shape index (κ1) is 20.7. The lowest BCUT2D eigenvalue weighted by Crippen LogP contribution is -2.46. The molecule has 1 aliphatic heterocycles. The Labute approximate surface area is 174 Å². The molecule has 0 amide bonds. The van der Waals surface area contributed by atoms with Crippen molar-refractivity contribution in [2.45, 2.75) is 12.7 Å². The molecule has 3 heterocycles. The minimum absolute atomic E-state index is 0.0430. The van der Waals surface area contributed by atoms with Crippen LogP contribution < -0.4 is 4.90 Å². The van der Waals surface area contributed by atoms with E-state index in [1.807, 2.05) is 9.80 Å². The van der Waals surface area contributed by atoms with Gasteiger partial charge in [0.25, 0.3) is 0 Å². The zero-order chi connectivity index (χ0) is 22.0. The van der Waals surface area contributed by atoms with E-state index >= 15 is 0 Å². The molecule has 162 valence electrons. The predicted octanol–water partition coefficient (Wildman–Crippen LogP) is 3.38. The van der Waals surface area contributed by atoms with Crippen LogP contribution in [0.15, 0.2) is 47.1 Å². The SMILES string of the molecule is O=[N+]([O-])c1cccnc1N1CCN(Cc2nc(-c3cccc(C(F)(F)F)c3)no2)CC1. The summed E-state index contributed by atoms with van der Waals surface area (Å²) in [5.74, 6) is 0.699. The molecular formula is C19H17F3N6O3. The molecule has 4 rings (SSSR count). The molecule has 2 aromatic heterocycles. The Bertz CT molecular complexity index is 1080. The molecule has 1 fully saturated rings. The standard InChI is InChI=1S/C19H17F3N6O3/c20-19(21,22)14-4-1-3-13(11-14)17-24-16(31-25-17)12-26-7-9-27(10-8-26)18-15(28(29)30)5-2-6-23-18/h1-6,11H,7-10,12H2. The molecule has 0 spiro atoms. The van der Waals surface area contributed by atoms with E-state index in [1.54, 1.807) is 0 Å². The summed E-state index contributed by atoms with van der Waals surface area (Å²) in [6.45, 7) is 2.52. The van der Waals surface area contributed by atoms with E-state index < -0.39 is 16.7 Å². The number of aromatic nitrogens is 3. The number of anilines is 1. The summed E-state index contributed by atoms with van der Waals surface area (Å²) in [4.78, 5) is 23.0. The van der Waals surface area contributed by atoms with Gasteiger partial charge < -0.3 is 9.42 Å². The first-order valence-corrected chi connectivity index (χ1v) is 9.38. The first-order chi connectivity index (χ1) is 14.8. The molecule has 0 radical (unpaired) electrons. The molecule has 31 heavy (non-hydrogen) atoms. The molecule has 0 atom stereocenters. The number of rotatable bonds is 5. The van der Waals surface area contributed by atoms with E-state index in [4.69, 9.17) is 4.52 Å². The zero-order valence-electron chi connectivity index (χ0n) is 16.1. The normalized spacial score (nSPS) is 15.3. The number of piperazine rings is 1. The monoisotopic (exact) mass is 434 g/mol. The molecule has 1 aliphatic rings. The zero-order valence-corrected chi connectivity index (χ0v) is 16.1. The van der Waals surface area contributed by atoms with E-state index in [1.165, 1.54) is 30.5 Å². The van der Waals surface area contributed by atoms with Gasteiger partial charge in [0, 0.05) is 44.0 Å². The molecule has 1 saturated heterocycles.